The van der Waals surface area contributed by atoms with Crippen molar-refractivity contribution in [2.24, 2.45) is 5.92 Å². The lowest BCUT2D eigenvalue weighted by Gasteiger charge is -2.39. The highest BCUT2D eigenvalue weighted by Crippen LogP contribution is 2.34. The molecule has 0 spiro atoms. The SMILES string of the molecule is CCC(O)(c1cccc(C)c1)C(C)CN1CCN(C)CC1. The molecule has 3 nitrogen and oxygen atoms in total. The number of nitrogens with zero attached hydrogens (tertiary/aromatic N) is 2. The normalized spacial score (nSPS) is 22.0. The summed E-state index contributed by atoms with van der Waals surface area (Å²) in [6, 6.07) is 8.33. The highest BCUT2D eigenvalue weighted by molar-refractivity contribution is 5.28. The molecule has 2 rings (SSSR count). The minimum absolute atomic E-state index is 0.229. The van der Waals surface area contributed by atoms with Gasteiger partial charge in [-0.2, -0.15) is 0 Å². The second-order valence-electron chi connectivity index (χ2n) is 6.65. The predicted molar refractivity (Wildman–Crippen MR) is 88.5 cm³/mol. The molecule has 0 radical (unpaired) electrons. The zero-order valence-electron chi connectivity index (χ0n) is 14.0. The van der Waals surface area contributed by atoms with Crippen molar-refractivity contribution in [1.82, 2.24) is 9.80 Å². The number of hydrogen-bond acceptors (Lipinski definition) is 3. The fraction of sp³-hybridized carbons (Fsp3) is 0.667. The van der Waals surface area contributed by atoms with Crippen LogP contribution in [0.5, 0.6) is 0 Å². The third-order valence-corrected chi connectivity index (χ3v) is 5.00. The molecule has 2 atom stereocenters. The Hall–Kier alpha value is -0.900. The standard InChI is InChI=1S/C18H30N2O/c1-5-18(21,17-8-6-7-15(2)13-17)16(3)14-20-11-9-19(4)10-12-20/h6-8,13,16,21H,5,9-12,14H2,1-4H3. The second kappa shape index (κ2) is 6.91. The van der Waals surface area contributed by atoms with E-state index in [9.17, 15) is 5.11 Å². The zero-order chi connectivity index (χ0) is 15.5. The van der Waals surface area contributed by atoms with Gasteiger partial charge >= 0.3 is 0 Å². The van der Waals surface area contributed by atoms with E-state index in [-0.39, 0.29) is 5.92 Å². The van der Waals surface area contributed by atoms with Crippen molar-refractivity contribution in [2.75, 3.05) is 39.8 Å². The van der Waals surface area contributed by atoms with E-state index in [2.05, 4.69) is 55.8 Å². The van der Waals surface area contributed by atoms with E-state index in [4.69, 9.17) is 0 Å². The smallest absolute Gasteiger partial charge is 0.0931 e. The van der Waals surface area contributed by atoms with Gasteiger partial charge in [-0.15, -0.1) is 0 Å². The van der Waals surface area contributed by atoms with Crippen LogP contribution >= 0.6 is 0 Å². The third-order valence-electron chi connectivity index (χ3n) is 5.00. The molecule has 118 valence electrons. The number of benzene rings is 1. The molecule has 1 heterocycles. The van der Waals surface area contributed by atoms with Crippen LogP contribution < -0.4 is 0 Å². The summed E-state index contributed by atoms with van der Waals surface area (Å²) in [5.74, 6) is 0.229. The molecule has 1 fully saturated rings. The number of hydrogen-bond donors (Lipinski definition) is 1. The van der Waals surface area contributed by atoms with Crippen molar-refractivity contribution in [3.63, 3.8) is 0 Å². The predicted octanol–water partition coefficient (Wildman–Crippen LogP) is 2.48. The molecule has 1 aromatic carbocycles. The van der Waals surface area contributed by atoms with Gasteiger partial charge in [-0.3, -0.25) is 0 Å². The molecule has 0 amide bonds. The molecule has 1 N–H and O–H groups in total. The molecule has 2 unspecified atom stereocenters. The highest BCUT2D eigenvalue weighted by atomic mass is 16.3. The van der Waals surface area contributed by atoms with Gasteiger partial charge in [-0.1, -0.05) is 43.7 Å². The maximum absolute atomic E-state index is 11.2. The van der Waals surface area contributed by atoms with Crippen molar-refractivity contribution >= 4 is 0 Å². The van der Waals surface area contributed by atoms with Gasteiger partial charge in [0.05, 0.1) is 5.60 Å². The average Bonchev–Trinajstić information content (AvgIpc) is 2.48. The van der Waals surface area contributed by atoms with Crippen LogP contribution in [0.1, 0.15) is 31.4 Å². The number of likely N-dealkylation sites (N-methyl/N-ethyl adjacent to an activating group) is 1. The van der Waals surface area contributed by atoms with Gasteiger partial charge in [0.25, 0.3) is 0 Å². The van der Waals surface area contributed by atoms with E-state index < -0.39 is 5.60 Å². The highest BCUT2D eigenvalue weighted by Gasteiger charge is 2.35. The minimum atomic E-state index is -0.727. The molecular weight excluding hydrogens is 260 g/mol. The molecule has 1 aliphatic rings. The van der Waals surface area contributed by atoms with E-state index in [1.807, 2.05) is 6.07 Å². The van der Waals surface area contributed by atoms with E-state index in [1.54, 1.807) is 0 Å². The Morgan fingerprint density at radius 1 is 1.24 bits per heavy atom. The largest absolute Gasteiger partial charge is 0.385 e. The summed E-state index contributed by atoms with van der Waals surface area (Å²) in [4.78, 5) is 4.86. The van der Waals surface area contributed by atoms with Gasteiger partial charge in [0.15, 0.2) is 0 Å². The molecule has 1 aliphatic heterocycles. The molecule has 3 heteroatoms. The second-order valence-corrected chi connectivity index (χ2v) is 6.65. The molecular formula is C18H30N2O. The number of aliphatic hydroxyl groups is 1. The van der Waals surface area contributed by atoms with Gasteiger partial charge in [0, 0.05) is 38.6 Å². The molecule has 0 saturated carbocycles. The van der Waals surface area contributed by atoms with Crippen LogP contribution in [0.3, 0.4) is 0 Å². The summed E-state index contributed by atoms with van der Waals surface area (Å²) >= 11 is 0. The van der Waals surface area contributed by atoms with Gasteiger partial charge < -0.3 is 14.9 Å². The summed E-state index contributed by atoms with van der Waals surface area (Å²) in [7, 11) is 2.18. The van der Waals surface area contributed by atoms with E-state index in [1.165, 1.54) is 5.56 Å². The molecule has 0 bridgehead atoms. The van der Waals surface area contributed by atoms with Gasteiger partial charge in [-0.25, -0.2) is 0 Å². The average molecular weight is 290 g/mol. The van der Waals surface area contributed by atoms with Gasteiger partial charge in [-0.05, 0) is 26.0 Å². The quantitative estimate of drug-likeness (QED) is 0.902. The Morgan fingerprint density at radius 2 is 1.90 bits per heavy atom. The fourth-order valence-corrected chi connectivity index (χ4v) is 3.32. The van der Waals surface area contributed by atoms with Crippen LogP contribution in [0.25, 0.3) is 0 Å². The number of rotatable bonds is 5. The Labute approximate surface area is 129 Å². The topological polar surface area (TPSA) is 26.7 Å². The van der Waals surface area contributed by atoms with Gasteiger partial charge in [0.2, 0.25) is 0 Å². The Bertz CT molecular complexity index is 454. The van der Waals surface area contributed by atoms with Crippen LogP contribution in [-0.2, 0) is 5.60 Å². The molecule has 21 heavy (non-hydrogen) atoms. The zero-order valence-corrected chi connectivity index (χ0v) is 14.0. The lowest BCUT2D eigenvalue weighted by molar-refractivity contribution is -0.0372. The Balaban J connectivity index is 2.08. The van der Waals surface area contributed by atoms with E-state index >= 15 is 0 Å². The fourth-order valence-electron chi connectivity index (χ4n) is 3.32. The maximum atomic E-state index is 11.2. The Morgan fingerprint density at radius 3 is 2.48 bits per heavy atom. The first kappa shape index (κ1) is 16.5. The van der Waals surface area contributed by atoms with Crippen LogP contribution in [0.2, 0.25) is 0 Å². The monoisotopic (exact) mass is 290 g/mol. The van der Waals surface area contributed by atoms with Gasteiger partial charge in [0.1, 0.15) is 0 Å². The summed E-state index contributed by atoms with van der Waals surface area (Å²) in [6.07, 6.45) is 0.755. The number of aryl methyl sites for hydroxylation is 1. The van der Waals surface area contributed by atoms with Crippen LogP contribution in [0, 0.1) is 12.8 Å². The molecule has 0 aromatic heterocycles. The third kappa shape index (κ3) is 3.85. The maximum Gasteiger partial charge on any atom is 0.0931 e. The van der Waals surface area contributed by atoms with Crippen LogP contribution in [0.15, 0.2) is 24.3 Å². The first-order valence-electron chi connectivity index (χ1n) is 8.16. The van der Waals surface area contributed by atoms with E-state index in [0.29, 0.717) is 0 Å². The summed E-state index contributed by atoms with van der Waals surface area (Å²) in [5.41, 5.74) is 1.55. The first-order chi connectivity index (χ1) is 9.95. The van der Waals surface area contributed by atoms with Crippen LogP contribution in [-0.4, -0.2) is 54.7 Å². The van der Waals surface area contributed by atoms with Crippen molar-refractivity contribution in [3.8, 4) is 0 Å². The summed E-state index contributed by atoms with van der Waals surface area (Å²) in [6.45, 7) is 11.8. The first-order valence-corrected chi connectivity index (χ1v) is 8.16. The molecule has 0 aliphatic carbocycles. The van der Waals surface area contributed by atoms with Crippen LogP contribution in [0.4, 0.5) is 0 Å². The lowest BCUT2D eigenvalue weighted by Crippen LogP contribution is -2.48. The summed E-state index contributed by atoms with van der Waals surface area (Å²) in [5, 5.41) is 11.2. The lowest BCUT2D eigenvalue weighted by atomic mass is 9.79. The van der Waals surface area contributed by atoms with E-state index in [0.717, 1.165) is 44.7 Å². The van der Waals surface area contributed by atoms with Crippen molar-refractivity contribution in [1.29, 1.82) is 0 Å². The summed E-state index contributed by atoms with van der Waals surface area (Å²) < 4.78 is 0. The number of piperazine rings is 1. The van der Waals surface area contributed by atoms with Crippen molar-refractivity contribution in [3.05, 3.63) is 35.4 Å². The Kier molecular flexibility index (Phi) is 5.42. The molecule has 1 aromatic rings. The molecule has 1 saturated heterocycles. The van der Waals surface area contributed by atoms with Crippen molar-refractivity contribution < 1.29 is 5.11 Å². The minimum Gasteiger partial charge on any atom is -0.385 e. The van der Waals surface area contributed by atoms with Crippen molar-refractivity contribution in [2.45, 2.75) is 32.8 Å².